The fraction of sp³-hybridized carbons (Fsp3) is 0.385. The molecule has 0 amide bonds. The van der Waals surface area contributed by atoms with Crippen LogP contribution in [-0.2, 0) is 12.8 Å². The lowest BCUT2D eigenvalue weighted by Gasteiger charge is -2.09. The number of benzene rings is 1. The van der Waals surface area contributed by atoms with E-state index in [0.29, 0.717) is 6.04 Å². The van der Waals surface area contributed by atoms with Crippen LogP contribution in [0.4, 0.5) is 5.69 Å². The summed E-state index contributed by atoms with van der Waals surface area (Å²) in [6.45, 7) is 8.32. The second-order valence-corrected chi connectivity index (χ2v) is 4.04. The zero-order valence-corrected chi connectivity index (χ0v) is 8.93. The van der Waals surface area contributed by atoms with Crippen LogP contribution in [0.3, 0.4) is 0 Å². The predicted octanol–water partition coefficient (Wildman–Crippen LogP) is 3.16. The van der Waals surface area contributed by atoms with Crippen molar-refractivity contribution in [2.24, 2.45) is 0 Å². The van der Waals surface area contributed by atoms with Gasteiger partial charge in [0.1, 0.15) is 0 Å². The van der Waals surface area contributed by atoms with Crippen LogP contribution in [0.15, 0.2) is 30.4 Å². The quantitative estimate of drug-likeness (QED) is 0.701. The van der Waals surface area contributed by atoms with Gasteiger partial charge in [-0.05, 0) is 37.0 Å². The molecule has 1 N–H and O–H groups in total. The average molecular weight is 187 g/mol. The van der Waals surface area contributed by atoms with E-state index in [1.807, 2.05) is 0 Å². The average Bonchev–Trinajstić information content (AvgIpc) is 2.60. The van der Waals surface area contributed by atoms with Crippen molar-refractivity contribution in [2.75, 3.05) is 5.32 Å². The summed E-state index contributed by atoms with van der Waals surface area (Å²) >= 11 is 0. The van der Waals surface area contributed by atoms with Crippen molar-refractivity contribution >= 4 is 5.69 Å². The van der Waals surface area contributed by atoms with Gasteiger partial charge < -0.3 is 5.32 Å². The highest BCUT2D eigenvalue weighted by molar-refractivity contribution is 5.61. The first-order valence-corrected chi connectivity index (χ1v) is 5.25. The second-order valence-electron chi connectivity index (χ2n) is 4.04. The molecule has 1 aliphatic heterocycles. The highest BCUT2D eigenvalue weighted by Crippen LogP contribution is 2.31. The number of aryl methyl sites for hydroxylation is 1. The Morgan fingerprint density at radius 3 is 3.00 bits per heavy atom. The van der Waals surface area contributed by atoms with Gasteiger partial charge in [-0.1, -0.05) is 31.2 Å². The summed E-state index contributed by atoms with van der Waals surface area (Å²) in [5.74, 6) is 0. The Labute approximate surface area is 85.8 Å². The fourth-order valence-corrected chi connectivity index (χ4v) is 2.08. The molecule has 1 unspecified atom stereocenters. The molecule has 1 aromatic rings. The van der Waals surface area contributed by atoms with Crippen molar-refractivity contribution in [1.82, 2.24) is 0 Å². The van der Waals surface area contributed by atoms with Gasteiger partial charge in [-0.25, -0.2) is 0 Å². The minimum Gasteiger partial charge on any atom is -0.378 e. The third-order valence-corrected chi connectivity index (χ3v) is 2.99. The number of nitrogens with one attached hydrogen (secondary N) is 1. The Morgan fingerprint density at radius 2 is 2.36 bits per heavy atom. The highest BCUT2D eigenvalue weighted by Gasteiger charge is 2.22. The summed E-state index contributed by atoms with van der Waals surface area (Å²) in [5, 5.41) is 3.51. The monoisotopic (exact) mass is 187 g/mol. The Bertz CT molecular complexity index is 365. The van der Waals surface area contributed by atoms with Gasteiger partial charge >= 0.3 is 0 Å². The molecule has 1 aromatic carbocycles. The van der Waals surface area contributed by atoms with Gasteiger partial charge in [0.25, 0.3) is 0 Å². The molecule has 0 saturated carbocycles. The third kappa shape index (κ3) is 1.43. The summed E-state index contributed by atoms with van der Waals surface area (Å²) in [7, 11) is 0. The molecule has 0 aliphatic carbocycles. The lowest BCUT2D eigenvalue weighted by molar-refractivity contribution is 0.860. The van der Waals surface area contributed by atoms with E-state index in [4.69, 9.17) is 0 Å². The van der Waals surface area contributed by atoms with Gasteiger partial charge in [0.05, 0.1) is 6.04 Å². The van der Waals surface area contributed by atoms with E-state index in [1.165, 1.54) is 22.4 Å². The van der Waals surface area contributed by atoms with Crippen LogP contribution in [-0.4, -0.2) is 6.04 Å². The first-order valence-electron chi connectivity index (χ1n) is 5.25. The molecule has 0 aromatic heterocycles. The van der Waals surface area contributed by atoms with Crippen molar-refractivity contribution in [3.8, 4) is 0 Å². The SMILES string of the molecule is C=C(C)C1Cc2c(CC)cccc2N1. The number of hydrogen-bond donors (Lipinski definition) is 1. The van der Waals surface area contributed by atoms with E-state index in [2.05, 4.69) is 43.9 Å². The van der Waals surface area contributed by atoms with Crippen molar-refractivity contribution in [2.45, 2.75) is 32.7 Å². The van der Waals surface area contributed by atoms with E-state index in [0.717, 1.165) is 12.8 Å². The minimum absolute atomic E-state index is 0.442. The molecule has 1 heterocycles. The molecule has 0 fully saturated rings. The summed E-state index contributed by atoms with van der Waals surface area (Å²) in [6.07, 6.45) is 2.22. The molecule has 2 rings (SSSR count). The molecule has 1 aliphatic rings. The maximum Gasteiger partial charge on any atom is 0.0509 e. The molecule has 1 nitrogen and oxygen atoms in total. The van der Waals surface area contributed by atoms with Crippen LogP contribution in [0.1, 0.15) is 25.0 Å². The lowest BCUT2D eigenvalue weighted by Crippen LogP contribution is -2.15. The van der Waals surface area contributed by atoms with Crippen molar-refractivity contribution in [3.63, 3.8) is 0 Å². The fourth-order valence-electron chi connectivity index (χ4n) is 2.08. The van der Waals surface area contributed by atoms with E-state index in [1.54, 1.807) is 0 Å². The Balaban J connectivity index is 2.34. The molecular formula is C13H17N. The topological polar surface area (TPSA) is 12.0 Å². The van der Waals surface area contributed by atoms with Gasteiger partial charge in [-0.15, -0.1) is 0 Å². The van der Waals surface area contributed by atoms with Crippen LogP contribution in [0.5, 0.6) is 0 Å². The molecule has 0 saturated heterocycles. The Hall–Kier alpha value is -1.24. The predicted molar refractivity (Wildman–Crippen MR) is 61.7 cm³/mol. The zero-order valence-electron chi connectivity index (χ0n) is 8.93. The maximum absolute atomic E-state index is 4.01. The maximum atomic E-state index is 4.01. The summed E-state index contributed by atoms with van der Waals surface area (Å²) in [6, 6.07) is 6.96. The number of hydrogen-bond acceptors (Lipinski definition) is 1. The van der Waals surface area contributed by atoms with Crippen molar-refractivity contribution in [1.29, 1.82) is 0 Å². The molecule has 0 radical (unpaired) electrons. The minimum atomic E-state index is 0.442. The van der Waals surface area contributed by atoms with Gasteiger partial charge in [0, 0.05) is 5.69 Å². The lowest BCUT2D eigenvalue weighted by atomic mass is 9.99. The van der Waals surface area contributed by atoms with Gasteiger partial charge in [0.15, 0.2) is 0 Å². The summed E-state index contributed by atoms with van der Waals surface area (Å²) in [5.41, 5.74) is 5.49. The number of anilines is 1. The van der Waals surface area contributed by atoms with Crippen molar-refractivity contribution in [3.05, 3.63) is 41.5 Å². The zero-order chi connectivity index (χ0) is 10.1. The largest absolute Gasteiger partial charge is 0.378 e. The van der Waals surface area contributed by atoms with Crippen LogP contribution in [0.25, 0.3) is 0 Å². The molecule has 1 heteroatoms. The molecule has 0 spiro atoms. The highest BCUT2D eigenvalue weighted by atomic mass is 14.9. The molecule has 14 heavy (non-hydrogen) atoms. The van der Waals surface area contributed by atoms with Crippen LogP contribution in [0, 0.1) is 0 Å². The summed E-state index contributed by atoms with van der Waals surface area (Å²) in [4.78, 5) is 0. The van der Waals surface area contributed by atoms with Crippen LogP contribution >= 0.6 is 0 Å². The van der Waals surface area contributed by atoms with E-state index in [-0.39, 0.29) is 0 Å². The summed E-state index contributed by atoms with van der Waals surface area (Å²) < 4.78 is 0. The third-order valence-electron chi connectivity index (χ3n) is 2.99. The van der Waals surface area contributed by atoms with Crippen LogP contribution in [0.2, 0.25) is 0 Å². The van der Waals surface area contributed by atoms with Gasteiger partial charge in [-0.3, -0.25) is 0 Å². The molecular weight excluding hydrogens is 170 g/mol. The van der Waals surface area contributed by atoms with Crippen molar-refractivity contribution < 1.29 is 0 Å². The van der Waals surface area contributed by atoms with E-state index >= 15 is 0 Å². The first-order chi connectivity index (χ1) is 6.72. The number of fused-ring (bicyclic) bond motifs is 1. The first kappa shape index (κ1) is 9.32. The van der Waals surface area contributed by atoms with Crippen LogP contribution < -0.4 is 5.32 Å². The second kappa shape index (κ2) is 3.49. The molecule has 1 atom stereocenters. The van der Waals surface area contributed by atoms with Gasteiger partial charge in [-0.2, -0.15) is 0 Å². The van der Waals surface area contributed by atoms with E-state index in [9.17, 15) is 0 Å². The Morgan fingerprint density at radius 1 is 1.57 bits per heavy atom. The standard InChI is InChI=1S/C13H17N/c1-4-10-6-5-7-12-11(10)8-13(14-12)9(2)3/h5-7,13-14H,2,4,8H2,1,3H3. The molecule has 74 valence electrons. The Kier molecular flexibility index (Phi) is 2.32. The smallest absolute Gasteiger partial charge is 0.0509 e. The normalized spacial score (nSPS) is 18.9. The number of rotatable bonds is 2. The molecule has 0 bridgehead atoms. The van der Waals surface area contributed by atoms with E-state index < -0.39 is 0 Å². The van der Waals surface area contributed by atoms with Gasteiger partial charge in [0.2, 0.25) is 0 Å².